The standard InChI is InChI=1S/C16H14F3N3O4/c1-9(10-2-5-12(6-3-10)26-16(17,18)19)21-15(23)11-4-7-13(20)14(8-11)22(24)25/h2-9H,20H2,1H3,(H,21,23). The summed E-state index contributed by atoms with van der Waals surface area (Å²) < 4.78 is 40.2. The van der Waals surface area contributed by atoms with E-state index >= 15 is 0 Å². The fourth-order valence-corrected chi connectivity index (χ4v) is 2.16. The van der Waals surface area contributed by atoms with Gasteiger partial charge in [-0.15, -0.1) is 13.2 Å². The predicted octanol–water partition coefficient (Wildman–Crippen LogP) is 3.57. The topological polar surface area (TPSA) is 107 Å². The van der Waals surface area contributed by atoms with Gasteiger partial charge in [-0.05, 0) is 36.8 Å². The molecular formula is C16H14F3N3O4. The number of amides is 1. The van der Waals surface area contributed by atoms with Crippen LogP contribution in [0.25, 0.3) is 0 Å². The largest absolute Gasteiger partial charge is 0.573 e. The average molecular weight is 369 g/mol. The maximum Gasteiger partial charge on any atom is 0.573 e. The summed E-state index contributed by atoms with van der Waals surface area (Å²) in [6.45, 7) is 1.61. The van der Waals surface area contributed by atoms with Crippen molar-refractivity contribution >= 4 is 17.3 Å². The number of rotatable bonds is 5. The number of nitrogens with two attached hydrogens (primary N) is 1. The number of nitro benzene ring substituents is 1. The molecule has 1 unspecified atom stereocenters. The SMILES string of the molecule is CC(NC(=O)c1ccc(N)c([N+](=O)[O-])c1)c1ccc(OC(F)(F)F)cc1. The number of carbonyl (C=O) groups excluding carboxylic acids is 1. The third kappa shape index (κ3) is 4.85. The lowest BCUT2D eigenvalue weighted by molar-refractivity contribution is -0.383. The number of alkyl halides is 3. The van der Waals surface area contributed by atoms with Gasteiger partial charge >= 0.3 is 6.36 Å². The molecule has 2 rings (SSSR count). The highest BCUT2D eigenvalue weighted by atomic mass is 19.4. The van der Waals surface area contributed by atoms with Gasteiger partial charge in [-0.25, -0.2) is 0 Å². The maximum atomic E-state index is 12.2. The van der Waals surface area contributed by atoms with Gasteiger partial charge in [-0.1, -0.05) is 12.1 Å². The van der Waals surface area contributed by atoms with Crippen molar-refractivity contribution in [2.24, 2.45) is 0 Å². The van der Waals surface area contributed by atoms with E-state index in [-0.39, 0.29) is 22.7 Å². The Kier molecular flexibility index (Phi) is 5.34. The molecule has 0 aromatic heterocycles. The molecular weight excluding hydrogens is 355 g/mol. The second kappa shape index (κ2) is 7.30. The number of nitrogens with one attached hydrogen (secondary N) is 1. The Hall–Kier alpha value is -3.30. The molecule has 0 bridgehead atoms. The highest BCUT2D eigenvalue weighted by Gasteiger charge is 2.31. The number of nitrogens with zero attached hydrogens (tertiary/aromatic N) is 1. The summed E-state index contributed by atoms with van der Waals surface area (Å²) in [5, 5.41) is 13.5. The van der Waals surface area contributed by atoms with E-state index in [2.05, 4.69) is 10.1 Å². The van der Waals surface area contributed by atoms with Gasteiger partial charge in [0.05, 0.1) is 11.0 Å². The summed E-state index contributed by atoms with van der Waals surface area (Å²) in [5.74, 6) is -0.967. The van der Waals surface area contributed by atoms with E-state index in [9.17, 15) is 28.1 Å². The molecule has 0 aliphatic carbocycles. The first-order valence-electron chi connectivity index (χ1n) is 7.27. The number of nitrogen functional groups attached to an aromatic ring is 1. The van der Waals surface area contributed by atoms with E-state index in [0.29, 0.717) is 5.56 Å². The third-order valence-electron chi connectivity index (χ3n) is 3.45. The zero-order valence-corrected chi connectivity index (χ0v) is 13.4. The second-order valence-electron chi connectivity index (χ2n) is 5.34. The summed E-state index contributed by atoms with van der Waals surface area (Å²) in [4.78, 5) is 22.4. The van der Waals surface area contributed by atoms with Gasteiger partial charge in [0.25, 0.3) is 11.6 Å². The van der Waals surface area contributed by atoms with Crippen molar-refractivity contribution < 1.29 is 27.6 Å². The molecule has 0 fully saturated rings. The van der Waals surface area contributed by atoms with Crippen LogP contribution in [0.5, 0.6) is 5.75 Å². The molecule has 0 aliphatic heterocycles. The number of benzene rings is 2. The number of halogens is 3. The van der Waals surface area contributed by atoms with E-state index in [1.807, 2.05) is 0 Å². The summed E-state index contributed by atoms with van der Waals surface area (Å²) in [6.07, 6.45) is -4.79. The Morgan fingerprint density at radius 2 is 1.85 bits per heavy atom. The van der Waals surface area contributed by atoms with Gasteiger partial charge < -0.3 is 15.8 Å². The monoisotopic (exact) mass is 369 g/mol. The van der Waals surface area contributed by atoms with Crippen LogP contribution in [0.3, 0.4) is 0 Å². The minimum atomic E-state index is -4.79. The van der Waals surface area contributed by atoms with Gasteiger partial charge in [0.15, 0.2) is 0 Å². The summed E-state index contributed by atoms with van der Waals surface area (Å²) in [6, 6.07) is 8.08. The number of hydrogen-bond donors (Lipinski definition) is 2. The van der Waals surface area contributed by atoms with Crippen molar-refractivity contribution in [3.8, 4) is 5.75 Å². The third-order valence-corrected chi connectivity index (χ3v) is 3.45. The molecule has 138 valence electrons. The van der Waals surface area contributed by atoms with E-state index in [1.54, 1.807) is 6.92 Å². The number of hydrogen-bond acceptors (Lipinski definition) is 5. The smallest absolute Gasteiger partial charge is 0.406 e. The predicted molar refractivity (Wildman–Crippen MR) is 86.5 cm³/mol. The normalized spacial score (nSPS) is 12.3. The molecule has 0 heterocycles. The molecule has 0 saturated carbocycles. The number of nitro groups is 1. The Morgan fingerprint density at radius 1 is 1.23 bits per heavy atom. The molecule has 2 aromatic carbocycles. The summed E-state index contributed by atoms with van der Waals surface area (Å²) in [7, 11) is 0. The van der Waals surface area contributed by atoms with E-state index < -0.39 is 23.2 Å². The Bertz CT molecular complexity index is 822. The summed E-state index contributed by atoms with van der Waals surface area (Å²) >= 11 is 0. The van der Waals surface area contributed by atoms with Crippen LogP contribution in [0, 0.1) is 10.1 Å². The zero-order valence-electron chi connectivity index (χ0n) is 13.4. The van der Waals surface area contributed by atoms with Gasteiger partial charge in [0, 0.05) is 11.6 Å². The molecule has 26 heavy (non-hydrogen) atoms. The van der Waals surface area contributed by atoms with Gasteiger partial charge in [0.2, 0.25) is 0 Å². The number of anilines is 1. The number of carbonyl (C=O) groups is 1. The van der Waals surface area contributed by atoms with Crippen LogP contribution < -0.4 is 15.8 Å². The minimum Gasteiger partial charge on any atom is -0.406 e. The quantitative estimate of drug-likeness (QED) is 0.476. The van der Waals surface area contributed by atoms with Crippen molar-refractivity contribution in [2.75, 3.05) is 5.73 Å². The Morgan fingerprint density at radius 3 is 2.38 bits per heavy atom. The van der Waals surface area contributed by atoms with Gasteiger partial charge in [-0.2, -0.15) is 0 Å². The molecule has 7 nitrogen and oxygen atoms in total. The highest BCUT2D eigenvalue weighted by Crippen LogP contribution is 2.25. The van der Waals surface area contributed by atoms with Crippen LogP contribution in [0.1, 0.15) is 28.9 Å². The van der Waals surface area contributed by atoms with Crippen LogP contribution in [-0.4, -0.2) is 17.2 Å². The van der Waals surface area contributed by atoms with E-state index in [1.165, 1.54) is 24.3 Å². The first kappa shape index (κ1) is 19.0. The molecule has 0 radical (unpaired) electrons. The van der Waals surface area contributed by atoms with Gasteiger partial charge in [-0.3, -0.25) is 14.9 Å². The minimum absolute atomic E-state index is 0.0368. The fraction of sp³-hybridized carbons (Fsp3) is 0.188. The highest BCUT2D eigenvalue weighted by molar-refractivity contribution is 5.95. The van der Waals surface area contributed by atoms with Crippen molar-refractivity contribution in [1.29, 1.82) is 0 Å². The zero-order chi connectivity index (χ0) is 19.5. The lowest BCUT2D eigenvalue weighted by atomic mass is 10.1. The van der Waals surface area contributed by atoms with Crippen molar-refractivity contribution in [3.63, 3.8) is 0 Å². The van der Waals surface area contributed by atoms with Crippen molar-refractivity contribution in [2.45, 2.75) is 19.3 Å². The lowest BCUT2D eigenvalue weighted by Crippen LogP contribution is -2.26. The molecule has 2 aromatic rings. The lowest BCUT2D eigenvalue weighted by Gasteiger charge is -2.15. The van der Waals surface area contributed by atoms with Crippen LogP contribution in [0.2, 0.25) is 0 Å². The Balaban J connectivity index is 2.09. The van der Waals surface area contributed by atoms with Crippen molar-refractivity contribution in [1.82, 2.24) is 5.32 Å². The van der Waals surface area contributed by atoms with Crippen molar-refractivity contribution in [3.05, 3.63) is 63.7 Å². The Labute approximate surface area is 145 Å². The molecule has 0 saturated heterocycles. The average Bonchev–Trinajstić information content (AvgIpc) is 2.54. The number of ether oxygens (including phenoxy) is 1. The van der Waals surface area contributed by atoms with Crippen LogP contribution in [-0.2, 0) is 0 Å². The molecule has 10 heteroatoms. The fourth-order valence-electron chi connectivity index (χ4n) is 2.16. The first-order chi connectivity index (χ1) is 12.1. The molecule has 0 spiro atoms. The van der Waals surface area contributed by atoms with Crippen LogP contribution >= 0.6 is 0 Å². The molecule has 3 N–H and O–H groups in total. The summed E-state index contributed by atoms with van der Waals surface area (Å²) in [5.41, 5.74) is 5.58. The molecule has 1 amide bonds. The molecule has 1 atom stereocenters. The van der Waals surface area contributed by atoms with E-state index in [4.69, 9.17) is 5.73 Å². The molecule has 0 aliphatic rings. The first-order valence-corrected chi connectivity index (χ1v) is 7.27. The second-order valence-corrected chi connectivity index (χ2v) is 5.34. The van der Waals surface area contributed by atoms with E-state index in [0.717, 1.165) is 18.2 Å². The van der Waals surface area contributed by atoms with Crippen LogP contribution in [0.4, 0.5) is 24.5 Å². The van der Waals surface area contributed by atoms with Crippen LogP contribution in [0.15, 0.2) is 42.5 Å². The maximum absolute atomic E-state index is 12.2. The van der Waals surface area contributed by atoms with Gasteiger partial charge in [0.1, 0.15) is 11.4 Å².